The van der Waals surface area contributed by atoms with E-state index < -0.39 is 153 Å². The molecule has 20 unspecified atom stereocenters. The van der Waals surface area contributed by atoms with Gasteiger partial charge in [-0.2, -0.15) is 0 Å². The molecule has 5 aliphatic rings. The van der Waals surface area contributed by atoms with E-state index >= 15 is 0 Å². The van der Waals surface area contributed by atoms with E-state index in [9.17, 15) is 49.8 Å². The van der Waals surface area contributed by atoms with Gasteiger partial charge in [0.05, 0.1) is 18.8 Å². The fourth-order valence-electron chi connectivity index (χ4n) is 9.90. The van der Waals surface area contributed by atoms with Gasteiger partial charge in [-0.05, 0) is 35.4 Å². The first-order valence-corrected chi connectivity index (χ1v) is 25.8. The fraction of sp³-hybridized carbons (Fsp3) is 0.577. The summed E-state index contributed by atoms with van der Waals surface area (Å²) in [4.78, 5) is 52.3. The Kier molecular flexibility index (Phi) is 20.6. The molecular weight excluding hydrogens is 1030 g/mol. The number of rotatable bonds is 22. The maximum absolute atomic E-state index is 13.6. The molecule has 0 radical (unpaired) electrons. The van der Waals surface area contributed by atoms with Crippen molar-refractivity contribution >= 4 is 24.2 Å². The van der Waals surface area contributed by atoms with Crippen molar-refractivity contribution in [2.24, 2.45) is 17.4 Å². The molecule has 20 atom stereocenters. The van der Waals surface area contributed by atoms with Crippen LogP contribution in [0, 0.1) is 5.92 Å². The number of carbonyl (C=O) groups excluding carboxylic acids is 4. The highest BCUT2D eigenvalue weighted by Gasteiger charge is 2.60. The molecule has 0 spiro atoms. The molecule has 0 aromatic heterocycles. The number of alkyl carbamates (subject to hydrolysis) is 3. The third-order valence-electron chi connectivity index (χ3n) is 14.2. The average molecular weight is 1100 g/mol. The van der Waals surface area contributed by atoms with Crippen LogP contribution < -0.4 is 32.7 Å². The van der Waals surface area contributed by atoms with Gasteiger partial charge in [0.25, 0.3) is 0 Å². The van der Waals surface area contributed by atoms with Crippen molar-refractivity contribution in [3.63, 3.8) is 0 Å². The lowest BCUT2D eigenvalue weighted by molar-refractivity contribution is -0.294. The second-order valence-corrected chi connectivity index (χ2v) is 19.7. The van der Waals surface area contributed by atoms with Gasteiger partial charge in [-0.25, -0.2) is 14.4 Å². The molecule has 78 heavy (non-hydrogen) atoms. The number of carbonyl (C=O) groups is 4. The highest BCUT2D eigenvalue weighted by atomic mass is 16.8. The summed E-state index contributed by atoms with van der Waals surface area (Å²) >= 11 is 0. The first-order valence-electron chi connectivity index (χ1n) is 25.8. The van der Waals surface area contributed by atoms with E-state index in [-0.39, 0.29) is 52.3 Å². The summed E-state index contributed by atoms with van der Waals surface area (Å²) in [5, 5.41) is 78.3. The molecule has 3 aromatic carbocycles. The van der Waals surface area contributed by atoms with E-state index in [2.05, 4.69) is 21.3 Å². The van der Waals surface area contributed by atoms with Crippen LogP contribution in [0.15, 0.2) is 91.0 Å². The SMILES string of the molecule is CC1CC(NC(=O)C(O)CCNC(=O)OCc2ccccc2)C(O)C(OC2OC(CO)C(OC3OC(CN)C(O)C(O)C3NC(=O)OCc3ccccc3)C2O)C1OC1OC(CN)C2OC2C1NC(=O)OCc1ccccc1. The highest BCUT2D eigenvalue weighted by Crippen LogP contribution is 2.41. The number of aliphatic hydroxyl groups excluding tert-OH is 6. The topological polar surface area (TPSA) is 385 Å². The van der Waals surface area contributed by atoms with E-state index in [4.69, 9.17) is 58.8 Å². The van der Waals surface area contributed by atoms with Gasteiger partial charge in [0.1, 0.15) is 105 Å². The van der Waals surface area contributed by atoms with Crippen LogP contribution in [0.1, 0.15) is 36.5 Å². The molecule has 8 rings (SSSR count). The summed E-state index contributed by atoms with van der Waals surface area (Å²) in [6, 6.07) is 23.0. The molecule has 4 saturated heterocycles. The van der Waals surface area contributed by atoms with E-state index in [1.807, 2.05) is 12.1 Å². The second-order valence-electron chi connectivity index (χ2n) is 19.7. The molecule has 26 nitrogen and oxygen atoms in total. The molecule has 428 valence electrons. The minimum absolute atomic E-state index is 0.000184. The Hall–Kier alpha value is -5.66. The zero-order valence-electron chi connectivity index (χ0n) is 42.6. The lowest BCUT2D eigenvalue weighted by Gasteiger charge is -2.47. The third-order valence-corrected chi connectivity index (χ3v) is 14.2. The van der Waals surface area contributed by atoms with Gasteiger partial charge in [-0.1, -0.05) is 97.9 Å². The average Bonchev–Trinajstić information content (AvgIpc) is 4.35. The smallest absolute Gasteiger partial charge is 0.407 e. The van der Waals surface area contributed by atoms with Crippen molar-refractivity contribution < 1.29 is 97.2 Å². The van der Waals surface area contributed by atoms with Crippen LogP contribution >= 0.6 is 0 Å². The summed E-state index contributed by atoms with van der Waals surface area (Å²) < 4.78 is 59.5. The van der Waals surface area contributed by atoms with Crippen molar-refractivity contribution in [1.82, 2.24) is 21.3 Å². The normalized spacial score (nSPS) is 34.6. The van der Waals surface area contributed by atoms with Crippen molar-refractivity contribution in [2.75, 3.05) is 26.2 Å². The molecule has 3 aromatic rings. The molecule has 4 aliphatic heterocycles. The van der Waals surface area contributed by atoms with Crippen molar-refractivity contribution in [2.45, 2.75) is 156 Å². The van der Waals surface area contributed by atoms with E-state index in [0.29, 0.717) is 5.56 Å². The zero-order valence-corrected chi connectivity index (χ0v) is 42.6. The molecule has 1 saturated carbocycles. The Morgan fingerprint density at radius 1 is 0.577 bits per heavy atom. The standard InChI is InChI=1S/C52H70N6O20/c1-26-19-30(56-46(65)31(60)17-18-55-50(66)69-23-27-11-5-2-6-12-27)37(61)45(41(26)76-48-36(44-43(75-44)33(21-54)73-48)58-52(68)71-25-29-15-9-4-10-16-29)78-49-40(64)42(34(22-59)74-49)77-47-35(39(63)38(62)32(20-53)72-47)57-51(67)70-24-28-13-7-3-8-14-28/h2-16,26,30-45,47-49,59-64H,17-25,53-54H2,1H3,(H,55,66)(H,56,65)(H,57,67)(H,58,68). The van der Waals surface area contributed by atoms with Crippen LogP contribution in [-0.2, 0) is 72.0 Å². The first kappa shape index (κ1) is 58.5. The molecule has 5 fully saturated rings. The largest absolute Gasteiger partial charge is 0.445 e. The van der Waals surface area contributed by atoms with Gasteiger partial charge in [0.15, 0.2) is 18.9 Å². The quantitative estimate of drug-likeness (QED) is 0.0391. The summed E-state index contributed by atoms with van der Waals surface area (Å²) in [7, 11) is 0. The van der Waals surface area contributed by atoms with Gasteiger partial charge in [0, 0.05) is 19.6 Å². The second kappa shape index (κ2) is 27.5. The Morgan fingerprint density at radius 2 is 1.08 bits per heavy atom. The van der Waals surface area contributed by atoms with Crippen LogP contribution in [0.3, 0.4) is 0 Å². The van der Waals surface area contributed by atoms with Gasteiger partial charge in [-0.3, -0.25) is 4.79 Å². The van der Waals surface area contributed by atoms with Gasteiger partial charge in [0.2, 0.25) is 5.91 Å². The molecule has 0 bridgehead atoms. The number of nitrogens with one attached hydrogen (secondary N) is 4. The predicted molar refractivity (Wildman–Crippen MR) is 267 cm³/mol. The highest BCUT2D eigenvalue weighted by molar-refractivity contribution is 5.81. The maximum Gasteiger partial charge on any atom is 0.407 e. The number of epoxide rings is 1. The van der Waals surface area contributed by atoms with Crippen molar-refractivity contribution in [1.29, 1.82) is 0 Å². The summed E-state index contributed by atoms with van der Waals surface area (Å²) in [5.74, 6) is -1.58. The Labute approximate surface area is 448 Å². The third kappa shape index (κ3) is 14.8. The Morgan fingerprint density at radius 3 is 1.64 bits per heavy atom. The zero-order chi connectivity index (χ0) is 55.5. The molecule has 26 heteroatoms. The van der Waals surface area contributed by atoms with Gasteiger partial charge < -0.3 is 111 Å². The first-order chi connectivity index (χ1) is 37.6. The minimum Gasteiger partial charge on any atom is -0.445 e. The number of nitrogens with two attached hydrogens (primary N) is 2. The summed E-state index contributed by atoms with van der Waals surface area (Å²) in [5.41, 5.74) is 14.1. The van der Waals surface area contributed by atoms with Crippen LogP contribution in [0.5, 0.6) is 0 Å². The molecule has 4 heterocycles. The lowest BCUT2D eigenvalue weighted by atomic mass is 9.79. The number of benzene rings is 3. The van der Waals surface area contributed by atoms with Gasteiger partial charge in [-0.15, -0.1) is 0 Å². The van der Waals surface area contributed by atoms with Crippen LogP contribution in [0.4, 0.5) is 14.4 Å². The van der Waals surface area contributed by atoms with Crippen molar-refractivity contribution in [3.8, 4) is 0 Å². The van der Waals surface area contributed by atoms with E-state index in [0.717, 1.165) is 11.1 Å². The molecule has 14 N–H and O–H groups in total. The number of aliphatic hydroxyl groups is 6. The maximum atomic E-state index is 13.6. The van der Waals surface area contributed by atoms with Gasteiger partial charge >= 0.3 is 18.3 Å². The predicted octanol–water partition coefficient (Wildman–Crippen LogP) is -1.77. The molecule has 1 aliphatic carbocycles. The summed E-state index contributed by atoms with van der Waals surface area (Å²) in [6.45, 7) is 0.228. The monoisotopic (exact) mass is 1100 g/mol. The number of hydrogen-bond donors (Lipinski definition) is 12. The van der Waals surface area contributed by atoms with E-state index in [1.165, 1.54) is 0 Å². The van der Waals surface area contributed by atoms with E-state index in [1.54, 1.807) is 85.8 Å². The van der Waals surface area contributed by atoms with Crippen LogP contribution in [-0.4, -0.2) is 197 Å². The number of ether oxygens (including phenoxy) is 10. The Balaban J connectivity index is 0.983. The van der Waals surface area contributed by atoms with Crippen LogP contribution in [0.25, 0.3) is 0 Å². The fourth-order valence-corrected chi connectivity index (χ4v) is 9.90. The number of fused-ring (bicyclic) bond motifs is 1. The van der Waals surface area contributed by atoms with Crippen molar-refractivity contribution in [3.05, 3.63) is 108 Å². The number of hydrogen-bond acceptors (Lipinski definition) is 22. The molecule has 4 amide bonds. The number of amides is 4. The lowest BCUT2D eigenvalue weighted by Crippen LogP contribution is -2.66. The molecular formula is C52H70N6O20. The summed E-state index contributed by atoms with van der Waals surface area (Å²) in [6.07, 6.45) is -25.0. The minimum atomic E-state index is -1.84. The van der Waals surface area contributed by atoms with Crippen LogP contribution in [0.2, 0.25) is 0 Å². The Bertz CT molecular complexity index is 2390.